The van der Waals surface area contributed by atoms with Gasteiger partial charge in [0.25, 0.3) is 5.69 Å². The van der Waals surface area contributed by atoms with Gasteiger partial charge in [-0.3, -0.25) is 10.1 Å². The summed E-state index contributed by atoms with van der Waals surface area (Å²) in [6.45, 7) is 6.69. The molecule has 0 bridgehead atoms. The third kappa shape index (κ3) is 3.92. The predicted octanol–water partition coefficient (Wildman–Crippen LogP) is 2.45. The highest BCUT2D eigenvalue weighted by molar-refractivity contribution is 7.89. The zero-order valence-corrected chi connectivity index (χ0v) is 13.3. The van der Waals surface area contributed by atoms with Crippen molar-refractivity contribution in [3.63, 3.8) is 0 Å². The van der Waals surface area contributed by atoms with Crippen molar-refractivity contribution >= 4 is 21.4 Å². The van der Waals surface area contributed by atoms with Gasteiger partial charge in [0.1, 0.15) is 4.90 Å². The molecular weight excluding hydrogens is 294 g/mol. The Labute approximate surface area is 125 Å². The number of nitrogens with one attached hydrogen (secondary N) is 1. The van der Waals surface area contributed by atoms with Gasteiger partial charge in [-0.2, -0.15) is 4.31 Å². The van der Waals surface area contributed by atoms with Crippen molar-refractivity contribution in [1.29, 1.82) is 0 Å². The lowest BCUT2D eigenvalue weighted by molar-refractivity contribution is -0.384. The molecule has 0 atom stereocenters. The minimum Gasteiger partial charge on any atom is -0.384 e. The Bertz CT molecular complexity index is 597. The maximum absolute atomic E-state index is 12.6. The first-order valence-corrected chi connectivity index (χ1v) is 8.34. The highest BCUT2D eigenvalue weighted by atomic mass is 32.2. The Hall–Kier alpha value is -1.67. The van der Waals surface area contributed by atoms with Crippen molar-refractivity contribution in [3.8, 4) is 0 Å². The fraction of sp³-hybridized carbons (Fsp3) is 0.538. The summed E-state index contributed by atoms with van der Waals surface area (Å²) in [5.41, 5.74) is 0.144. The van der Waals surface area contributed by atoms with Gasteiger partial charge in [-0.1, -0.05) is 20.8 Å². The molecule has 118 valence electrons. The SMILES string of the molecule is CCCNc1cc([N+](=O)[O-])ccc1S(=O)(=O)N(CC)CC. The Kier molecular flexibility index (Phi) is 6.10. The van der Waals surface area contributed by atoms with Crippen molar-refractivity contribution in [2.75, 3.05) is 25.0 Å². The van der Waals surface area contributed by atoms with Crippen molar-refractivity contribution in [1.82, 2.24) is 4.31 Å². The molecule has 0 aromatic heterocycles. The van der Waals surface area contributed by atoms with Crippen LogP contribution in [0.4, 0.5) is 11.4 Å². The molecule has 0 aliphatic heterocycles. The van der Waals surface area contributed by atoms with Crippen molar-refractivity contribution < 1.29 is 13.3 Å². The normalized spacial score (nSPS) is 11.6. The van der Waals surface area contributed by atoms with Crippen LogP contribution in [0.5, 0.6) is 0 Å². The first-order valence-electron chi connectivity index (χ1n) is 6.90. The summed E-state index contributed by atoms with van der Waals surface area (Å²) in [5.74, 6) is 0. The van der Waals surface area contributed by atoms with Gasteiger partial charge in [0.2, 0.25) is 10.0 Å². The number of rotatable bonds is 8. The number of hydrogen-bond donors (Lipinski definition) is 1. The zero-order chi connectivity index (χ0) is 16.0. The molecule has 0 unspecified atom stereocenters. The van der Waals surface area contributed by atoms with Gasteiger partial charge in [0, 0.05) is 31.8 Å². The first-order chi connectivity index (χ1) is 9.88. The second-order valence-corrected chi connectivity index (χ2v) is 6.36. The summed E-state index contributed by atoms with van der Waals surface area (Å²) in [6, 6.07) is 3.78. The van der Waals surface area contributed by atoms with E-state index in [1.807, 2.05) is 6.92 Å². The zero-order valence-electron chi connectivity index (χ0n) is 12.5. The van der Waals surface area contributed by atoms with Gasteiger partial charge in [0.05, 0.1) is 10.6 Å². The van der Waals surface area contributed by atoms with Crippen LogP contribution in [-0.4, -0.2) is 37.3 Å². The quantitative estimate of drug-likeness (QED) is 0.587. The molecule has 0 spiro atoms. The van der Waals surface area contributed by atoms with Crippen LogP contribution in [0.15, 0.2) is 23.1 Å². The van der Waals surface area contributed by atoms with E-state index in [0.717, 1.165) is 6.42 Å². The van der Waals surface area contributed by atoms with E-state index >= 15 is 0 Å². The summed E-state index contributed by atoms with van der Waals surface area (Å²) in [4.78, 5) is 10.4. The maximum Gasteiger partial charge on any atom is 0.271 e. The topological polar surface area (TPSA) is 92.5 Å². The number of benzene rings is 1. The molecule has 8 heteroatoms. The van der Waals surface area contributed by atoms with Gasteiger partial charge in [-0.25, -0.2) is 8.42 Å². The predicted molar refractivity (Wildman–Crippen MR) is 82.0 cm³/mol. The summed E-state index contributed by atoms with van der Waals surface area (Å²) in [6.07, 6.45) is 0.785. The van der Waals surface area contributed by atoms with Crippen molar-refractivity contribution in [3.05, 3.63) is 28.3 Å². The van der Waals surface area contributed by atoms with Crippen LogP contribution in [0.3, 0.4) is 0 Å². The second kappa shape index (κ2) is 7.37. The van der Waals surface area contributed by atoms with E-state index in [1.165, 1.54) is 22.5 Å². The summed E-state index contributed by atoms with van der Waals surface area (Å²) < 4.78 is 26.5. The molecule has 0 heterocycles. The third-order valence-electron chi connectivity index (χ3n) is 3.06. The van der Waals surface area contributed by atoms with Gasteiger partial charge >= 0.3 is 0 Å². The number of hydrogen-bond acceptors (Lipinski definition) is 5. The number of sulfonamides is 1. The molecule has 0 fully saturated rings. The molecule has 0 aliphatic carbocycles. The first kappa shape index (κ1) is 17.4. The van der Waals surface area contributed by atoms with Crippen molar-refractivity contribution in [2.45, 2.75) is 32.1 Å². The van der Waals surface area contributed by atoms with Crippen LogP contribution in [0, 0.1) is 10.1 Å². The highest BCUT2D eigenvalue weighted by Gasteiger charge is 2.26. The average Bonchev–Trinajstić information content (AvgIpc) is 2.45. The molecule has 1 N–H and O–H groups in total. The highest BCUT2D eigenvalue weighted by Crippen LogP contribution is 2.28. The molecule has 7 nitrogen and oxygen atoms in total. The van der Waals surface area contributed by atoms with Gasteiger partial charge in [-0.15, -0.1) is 0 Å². The molecular formula is C13H21N3O4S. The third-order valence-corrected chi connectivity index (χ3v) is 5.17. The summed E-state index contributed by atoms with van der Waals surface area (Å²) in [7, 11) is -3.66. The van der Waals surface area contributed by atoms with Crippen LogP contribution >= 0.6 is 0 Å². The fourth-order valence-electron chi connectivity index (χ4n) is 1.96. The summed E-state index contributed by atoms with van der Waals surface area (Å²) >= 11 is 0. The van der Waals surface area contributed by atoms with Gasteiger partial charge < -0.3 is 5.32 Å². The number of nitro groups is 1. The van der Waals surface area contributed by atoms with E-state index in [2.05, 4.69) is 5.32 Å². The molecule has 1 aromatic rings. The molecule has 0 aliphatic rings. The van der Waals surface area contributed by atoms with Crippen LogP contribution in [0.25, 0.3) is 0 Å². The average molecular weight is 315 g/mol. The minimum absolute atomic E-state index is 0.0743. The lowest BCUT2D eigenvalue weighted by Crippen LogP contribution is -2.31. The molecule has 1 rings (SSSR count). The fourth-order valence-corrected chi connectivity index (χ4v) is 3.56. The van der Waals surface area contributed by atoms with E-state index in [0.29, 0.717) is 19.6 Å². The molecule has 0 radical (unpaired) electrons. The maximum atomic E-state index is 12.6. The monoisotopic (exact) mass is 315 g/mol. The van der Waals surface area contributed by atoms with E-state index in [9.17, 15) is 18.5 Å². The molecule has 1 aromatic carbocycles. The Morgan fingerprint density at radius 2 is 1.86 bits per heavy atom. The lowest BCUT2D eigenvalue weighted by atomic mass is 10.2. The Morgan fingerprint density at radius 3 is 2.33 bits per heavy atom. The Balaban J connectivity index is 3.36. The van der Waals surface area contributed by atoms with Gasteiger partial charge in [0.15, 0.2) is 0 Å². The van der Waals surface area contributed by atoms with Crippen LogP contribution in [0.1, 0.15) is 27.2 Å². The molecule has 0 amide bonds. The number of nitro benzene ring substituents is 1. The van der Waals surface area contributed by atoms with Crippen LogP contribution in [0.2, 0.25) is 0 Å². The summed E-state index contributed by atoms with van der Waals surface area (Å²) in [5, 5.41) is 13.8. The van der Waals surface area contributed by atoms with E-state index in [1.54, 1.807) is 13.8 Å². The smallest absolute Gasteiger partial charge is 0.271 e. The van der Waals surface area contributed by atoms with Crippen LogP contribution < -0.4 is 5.32 Å². The Morgan fingerprint density at radius 1 is 1.24 bits per heavy atom. The number of anilines is 1. The van der Waals surface area contributed by atoms with Crippen molar-refractivity contribution in [2.24, 2.45) is 0 Å². The largest absolute Gasteiger partial charge is 0.384 e. The van der Waals surface area contributed by atoms with E-state index < -0.39 is 14.9 Å². The van der Waals surface area contributed by atoms with E-state index in [-0.39, 0.29) is 16.3 Å². The minimum atomic E-state index is -3.66. The molecule has 21 heavy (non-hydrogen) atoms. The second-order valence-electron chi connectivity index (χ2n) is 4.45. The number of nitrogens with zero attached hydrogens (tertiary/aromatic N) is 2. The number of non-ortho nitro benzene ring substituents is 1. The van der Waals surface area contributed by atoms with Crippen LogP contribution in [-0.2, 0) is 10.0 Å². The van der Waals surface area contributed by atoms with E-state index in [4.69, 9.17) is 0 Å². The molecule has 0 saturated heterocycles. The standard InChI is InChI=1S/C13H21N3O4S/c1-4-9-14-12-10-11(16(17)18)7-8-13(12)21(19,20)15(5-2)6-3/h7-8,10,14H,4-6,9H2,1-3H3. The lowest BCUT2D eigenvalue weighted by Gasteiger charge is -2.20. The van der Waals surface area contributed by atoms with Gasteiger partial charge in [-0.05, 0) is 12.5 Å². The molecule has 0 saturated carbocycles.